The van der Waals surface area contributed by atoms with Gasteiger partial charge in [0.25, 0.3) is 0 Å². The Balaban J connectivity index is 1.85. The first-order chi connectivity index (χ1) is 12.2. The van der Waals surface area contributed by atoms with Crippen LogP contribution in [-0.4, -0.2) is 29.0 Å². The van der Waals surface area contributed by atoms with Crippen LogP contribution in [0, 0.1) is 0 Å². The van der Waals surface area contributed by atoms with Gasteiger partial charge in [-0.2, -0.15) is 0 Å². The molecule has 1 aromatic carbocycles. The van der Waals surface area contributed by atoms with Crippen molar-refractivity contribution in [3.63, 3.8) is 0 Å². The number of nitrogens with one attached hydrogen (secondary N) is 2. The van der Waals surface area contributed by atoms with Crippen LogP contribution in [0.3, 0.4) is 0 Å². The summed E-state index contributed by atoms with van der Waals surface area (Å²) in [5, 5.41) is 6.07. The van der Waals surface area contributed by atoms with Crippen LogP contribution < -0.4 is 15.4 Å². The monoisotopic (exact) mass is 338 g/mol. The average Bonchev–Trinajstić information content (AvgIpc) is 2.64. The van der Waals surface area contributed by atoms with Crippen molar-refractivity contribution in [3.05, 3.63) is 54.4 Å². The van der Waals surface area contributed by atoms with Gasteiger partial charge in [0.2, 0.25) is 11.9 Å². The van der Waals surface area contributed by atoms with Crippen LogP contribution >= 0.6 is 0 Å². The van der Waals surface area contributed by atoms with Gasteiger partial charge in [0.05, 0.1) is 0 Å². The fourth-order valence-corrected chi connectivity index (χ4v) is 2.83. The molecule has 0 spiro atoms. The number of benzene rings is 1. The maximum absolute atomic E-state index is 12.1. The van der Waals surface area contributed by atoms with Crippen molar-refractivity contribution in [2.75, 3.05) is 23.8 Å². The zero-order valence-corrected chi connectivity index (χ0v) is 14.3. The van der Waals surface area contributed by atoms with Crippen LogP contribution in [0.2, 0.25) is 0 Å². The first kappa shape index (κ1) is 17.0. The summed E-state index contributed by atoms with van der Waals surface area (Å²) in [4.78, 5) is 20.8. The molecular formula is C19H22N4O2. The molecule has 0 bridgehead atoms. The number of hydrogen-bond donors (Lipinski definition) is 2. The van der Waals surface area contributed by atoms with Crippen molar-refractivity contribution in [1.82, 2.24) is 9.97 Å². The fourth-order valence-electron chi connectivity index (χ4n) is 2.83. The third kappa shape index (κ3) is 3.96. The van der Waals surface area contributed by atoms with Gasteiger partial charge in [-0.1, -0.05) is 25.6 Å². The number of anilines is 2. The van der Waals surface area contributed by atoms with Gasteiger partial charge < -0.3 is 15.4 Å². The minimum Gasteiger partial charge on any atom is -0.489 e. The van der Waals surface area contributed by atoms with E-state index < -0.39 is 0 Å². The van der Waals surface area contributed by atoms with E-state index in [9.17, 15) is 4.79 Å². The van der Waals surface area contributed by atoms with E-state index in [1.165, 1.54) is 0 Å². The normalized spacial score (nSPS) is 15.9. The van der Waals surface area contributed by atoms with Crippen LogP contribution in [-0.2, 0) is 4.79 Å². The van der Waals surface area contributed by atoms with Crippen molar-refractivity contribution >= 4 is 17.5 Å². The van der Waals surface area contributed by atoms with E-state index >= 15 is 0 Å². The number of rotatable bonds is 7. The lowest BCUT2D eigenvalue weighted by Crippen LogP contribution is -2.23. The molecule has 1 amide bonds. The number of carbonyl (C=O) groups is 1. The summed E-state index contributed by atoms with van der Waals surface area (Å²) in [5.41, 5.74) is 2.75. The third-order valence-corrected chi connectivity index (χ3v) is 4.04. The van der Waals surface area contributed by atoms with Gasteiger partial charge in [0.1, 0.15) is 12.4 Å². The summed E-state index contributed by atoms with van der Waals surface area (Å²) in [6, 6.07) is 5.74. The lowest BCUT2D eigenvalue weighted by molar-refractivity contribution is -0.116. The summed E-state index contributed by atoms with van der Waals surface area (Å²) < 4.78 is 5.55. The Morgan fingerprint density at radius 2 is 2.20 bits per heavy atom. The van der Waals surface area contributed by atoms with E-state index in [-0.39, 0.29) is 11.8 Å². The third-order valence-electron chi connectivity index (χ3n) is 4.04. The lowest BCUT2D eigenvalue weighted by Gasteiger charge is -2.26. The van der Waals surface area contributed by atoms with Gasteiger partial charge >= 0.3 is 0 Å². The van der Waals surface area contributed by atoms with Crippen molar-refractivity contribution in [3.8, 4) is 5.75 Å². The molecule has 6 heteroatoms. The topological polar surface area (TPSA) is 76.1 Å². The highest BCUT2D eigenvalue weighted by Gasteiger charge is 2.27. The second kappa shape index (κ2) is 7.79. The van der Waals surface area contributed by atoms with Gasteiger partial charge in [0, 0.05) is 43.0 Å². The van der Waals surface area contributed by atoms with Crippen LogP contribution in [0.25, 0.3) is 0 Å². The standard InChI is InChI=1S/C19H22N4O2/c1-3-7-20-19-21-11-13(12-22-19)16-10-18(24)23-17-9-14(25-8-4-2)5-6-15(16)17/h4-6,9,11-12,16H,2-3,7-8,10H2,1H3,(H,23,24)(H,20,21,22). The lowest BCUT2D eigenvalue weighted by atomic mass is 9.86. The highest BCUT2D eigenvalue weighted by Crippen LogP contribution is 2.38. The highest BCUT2D eigenvalue weighted by atomic mass is 16.5. The summed E-state index contributed by atoms with van der Waals surface area (Å²) in [6.07, 6.45) is 6.66. The van der Waals surface area contributed by atoms with Crippen molar-refractivity contribution in [1.29, 1.82) is 0 Å². The zero-order valence-electron chi connectivity index (χ0n) is 14.3. The van der Waals surface area contributed by atoms with Gasteiger partial charge in [0.15, 0.2) is 0 Å². The van der Waals surface area contributed by atoms with Crippen LogP contribution in [0.1, 0.15) is 36.8 Å². The van der Waals surface area contributed by atoms with Crippen LogP contribution in [0.5, 0.6) is 5.75 Å². The Bertz CT molecular complexity index is 759. The second-order valence-electron chi connectivity index (χ2n) is 5.92. The maximum Gasteiger partial charge on any atom is 0.225 e. The molecule has 2 N–H and O–H groups in total. The van der Waals surface area contributed by atoms with E-state index in [1.54, 1.807) is 18.5 Å². The van der Waals surface area contributed by atoms with E-state index in [1.807, 2.05) is 18.2 Å². The Labute approximate surface area is 147 Å². The number of carbonyl (C=O) groups excluding carboxylic acids is 1. The molecule has 1 unspecified atom stereocenters. The molecular weight excluding hydrogens is 316 g/mol. The zero-order chi connectivity index (χ0) is 17.6. The van der Waals surface area contributed by atoms with Gasteiger partial charge in [-0.05, 0) is 23.6 Å². The van der Waals surface area contributed by atoms with Crippen molar-refractivity contribution < 1.29 is 9.53 Å². The SMILES string of the molecule is C=CCOc1ccc2c(c1)NC(=O)CC2c1cnc(NCCC)nc1. The van der Waals surface area contributed by atoms with E-state index in [0.29, 0.717) is 24.7 Å². The van der Waals surface area contributed by atoms with E-state index in [0.717, 1.165) is 29.8 Å². The Kier molecular flexibility index (Phi) is 5.28. The number of hydrogen-bond acceptors (Lipinski definition) is 5. The molecule has 1 atom stereocenters. The summed E-state index contributed by atoms with van der Waals surface area (Å²) in [6.45, 7) is 6.99. The molecule has 0 aliphatic carbocycles. The number of nitrogens with zero attached hydrogens (tertiary/aromatic N) is 2. The molecule has 1 aromatic heterocycles. The Morgan fingerprint density at radius 3 is 2.92 bits per heavy atom. The second-order valence-corrected chi connectivity index (χ2v) is 5.92. The van der Waals surface area contributed by atoms with Crippen LogP contribution in [0.15, 0.2) is 43.2 Å². The quantitative estimate of drug-likeness (QED) is 0.757. The first-order valence-electron chi connectivity index (χ1n) is 8.44. The van der Waals surface area contributed by atoms with Gasteiger partial charge in [-0.15, -0.1) is 0 Å². The molecule has 0 saturated heterocycles. The van der Waals surface area contributed by atoms with Crippen LogP contribution in [0.4, 0.5) is 11.6 Å². The molecule has 0 saturated carbocycles. The molecule has 2 aromatic rings. The van der Waals surface area contributed by atoms with E-state index in [4.69, 9.17) is 4.74 Å². The molecule has 1 aliphatic rings. The first-order valence-corrected chi connectivity index (χ1v) is 8.44. The Morgan fingerprint density at radius 1 is 1.40 bits per heavy atom. The largest absolute Gasteiger partial charge is 0.489 e. The Hall–Kier alpha value is -2.89. The summed E-state index contributed by atoms with van der Waals surface area (Å²) in [5.74, 6) is 1.23. The molecule has 25 heavy (non-hydrogen) atoms. The molecule has 0 radical (unpaired) electrons. The molecule has 0 fully saturated rings. The highest BCUT2D eigenvalue weighted by molar-refractivity contribution is 5.95. The minimum atomic E-state index is -0.0579. The maximum atomic E-state index is 12.1. The fraction of sp³-hybridized carbons (Fsp3) is 0.316. The molecule has 1 aliphatic heterocycles. The van der Waals surface area contributed by atoms with Crippen molar-refractivity contribution in [2.24, 2.45) is 0 Å². The average molecular weight is 338 g/mol. The number of ether oxygens (including phenoxy) is 1. The van der Waals surface area contributed by atoms with Gasteiger partial charge in [-0.25, -0.2) is 9.97 Å². The smallest absolute Gasteiger partial charge is 0.225 e. The van der Waals surface area contributed by atoms with Gasteiger partial charge in [-0.3, -0.25) is 4.79 Å². The number of aromatic nitrogens is 2. The summed E-state index contributed by atoms with van der Waals surface area (Å²) in [7, 11) is 0. The number of fused-ring (bicyclic) bond motifs is 1. The van der Waals surface area contributed by atoms with E-state index in [2.05, 4.69) is 34.1 Å². The molecule has 2 heterocycles. The number of amides is 1. The molecule has 3 rings (SSSR count). The molecule has 6 nitrogen and oxygen atoms in total. The summed E-state index contributed by atoms with van der Waals surface area (Å²) >= 11 is 0. The molecule has 130 valence electrons. The predicted octanol–water partition coefficient (Wildman–Crippen LogP) is 3.34. The van der Waals surface area contributed by atoms with Crippen molar-refractivity contribution in [2.45, 2.75) is 25.7 Å². The minimum absolute atomic E-state index is 0.0217. The predicted molar refractivity (Wildman–Crippen MR) is 98.0 cm³/mol.